The van der Waals surface area contributed by atoms with E-state index in [-0.39, 0.29) is 17.0 Å². The van der Waals surface area contributed by atoms with Gasteiger partial charge in [-0.1, -0.05) is 0 Å². The molecule has 1 N–H and O–H groups in total. The van der Waals surface area contributed by atoms with Crippen LogP contribution in [0.15, 0.2) is 17.2 Å². The molecule has 0 radical (unpaired) electrons. The fraction of sp³-hybridized carbons (Fsp3) is 0.500. The Morgan fingerprint density at radius 1 is 1.48 bits per heavy atom. The van der Waals surface area contributed by atoms with Gasteiger partial charge in [-0.25, -0.2) is 18.1 Å². The van der Waals surface area contributed by atoms with Crippen molar-refractivity contribution in [3.63, 3.8) is 0 Å². The summed E-state index contributed by atoms with van der Waals surface area (Å²) in [4.78, 5) is 12.5. The fourth-order valence-electron chi connectivity index (χ4n) is 2.10. The van der Waals surface area contributed by atoms with Crippen molar-refractivity contribution in [1.29, 1.82) is 0 Å². The summed E-state index contributed by atoms with van der Waals surface area (Å²) >= 11 is 0.937. The molecule has 1 saturated heterocycles. The number of rotatable bonds is 4. The first kappa shape index (κ1) is 16.1. The Morgan fingerprint density at radius 3 is 2.67 bits per heavy atom. The molecule has 1 aliphatic rings. The summed E-state index contributed by atoms with van der Waals surface area (Å²) in [6.45, 7) is 0.688. The minimum atomic E-state index is -3.19. The van der Waals surface area contributed by atoms with Crippen molar-refractivity contribution in [2.24, 2.45) is 11.0 Å². The molecule has 2 heterocycles. The molecule has 21 heavy (non-hydrogen) atoms. The standard InChI is InChI=1S/C12H16FN3O3S2/c1-21(18,19)16-6-4-9(5-7-16)12(17)15-14-8-10-2-3-11(13)20-10/h2-3,8-9H,4-7H2,1H3,(H,15,17)/b14-8+. The smallest absolute Gasteiger partial charge is 0.243 e. The molecule has 1 aliphatic heterocycles. The van der Waals surface area contributed by atoms with Gasteiger partial charge >= 0.3 is 0 Å². The van der Waals surface area contributed by atoms with Crippen LogP contribution in [0.5, 0.6) is 0 Å². The lowest BCUT2D eigenvalue weighted by atomic mass is 9.98. The molecular weight excluding hydrogens is 317 g/mol. The second kappa shape index (κ2) is 6.63. The highest BCUT2D eigenvalue weighted by Crippen LogP contribution is 2.19. The molecule has 0 unspecified atom stereocenters. The van der Waals surface area contributed by atoms with Crippen LogP contribution in [0, 0.1) is 11.0 Å². The van der Waals surface area contributed by atoms with Crippen LogP contribution in [0.4, 0.5) is 4.39 Å². The Kier molecular flexibility index (Phi) is 5.07. The van der Waals surface area contributed by atoms with Crippen LogP contribution in [-0.2, 0) is 14.8 Å². The average Bonchev–Trinajstić information content (AvgIpc) is 2.83. The van der Waals surface area contributed by atoms with E-state index in [1.54, 1.807) is 6.07 Å². The molecule has 116 valence electrons. The van der Waals surface area contributed by atoms with Crippen molar-refractivity contribution < 1.29 is 17.6 Å². The van der Waals surface area contributed by atoms with Crippen molar-refractivity contribution in [2.45, 2.75) is 12.8 Å². The fourth-order valence-corrected chi connectivity index (χ4v) is 3.57. The summed E-state index contributed by atoms with van der Waals surface area (Å²) in [5, 5.41) is 3.48. The van der Waals surface area contributed by atoms with Gasteiger partial charge in [0.05, 0.1) is 17.3 Å². The van der Waals surface area contributed by atoms with Crippen LogP contribution in [0.25, 0.3) is 0 Å². The number of hydrogen-bond acceptors (Lipinski definition) is 5. The highest BCUT2D eigenvalue weighted by Gasteiger charge is 2.28. The third-order valence-corrected chi connectivity index (χ3v) is 5.37. The van der Waals surface area contributed by atoms with Gasteiger partial charge in [0.2, 0.25) is 15.9 Å². The molecule has 0 aromatic carbocycles. The first-order valence-electron chi connectivity index (χ1n) is 6.39. The minimum Gasteiger partial charge on any atom is -0.273 e. The maximum absolute atomic E-state index is 12.8. The monoisotopic (exact) mass is 333 g/mol. The van der Waals surface area contributed by atoms with E-state index in [1.165, 1.54) is 16.6 Å². The Labute approximate surface area is 126 Å². The van der Waals surface area contributed by atoms with E-state index in [0.717, 1.165) is 17.6 Å². The predicted molar refractivity (Wildman–Crippen MR) is 79.2 cm³/mol. The number of hydrogen-bond donors (Lipinski definition) is 1. The molecule has 1 aromatic rings. The number of amides is 1. The summed E-state index contributed by atoms with van der Waals surface area (Å²) in [6.07, 6.45) is 3.50. The number of carbonyl (C=O) groups excluding carboxylic acids is 1. The summed E-state index contributed by atoms with van der Waals surface area (Å²) in [5.74, 6) is -0.489. The number of sulfonamides is 1. The van der Waals surface area contributed by atoms with Gasteiger partial charge in [-0.2, -0.15) is 9.49 Å². The second-order valence-electron chi connectivity index (χ2n) is 4.81. The lowest BCUT2D eigenvalue weighted by Crippen LogP contribution is -2.41. The molecule has 1 fully saturated rings. The number of nitrogens with one attached hydrogen (secondary N) is 1. The Morgan fingerprint density at radius 2 is 2.14 bits per heavy atom. The molecule has 1 aromatic heterocycles. The largest absolute Gasteiger partial charge is 0.273 e. The first-order chi connectivity index (χ1) is 9.86. The van der Waals surface area contributed by atoms with Crippen molar-refractivity contribution in [1.82, 2.24) is 9.73 Å². The number of piperidine rings is 1. The quantitative estimate of drug-likeness (QED) is 0.660. The third-order valence-electron chi connectivity index (χ3n) is 3.25. The molecule has 0 saturated carbocycles. The van der Waals surface area contributed by atoms with E-state index in [1.807, 2.05) is 0 Å². The topological polar surface area (TPSA) is 78.8 Å². The normalized spacial score (nSPS) is 18.2. The van der Waals surface area contributed by atoms with Gasteiger partial charge in [0, 0.05) is 19.0 Å². The van der Waals surface area contributed by atoms with Gasteiger partial charge in [-0.3, -0.25) is 4.79 Å². The highest BCUT2D eigenvalue weighted by atomic mass is 32.2. The number of carbonyl (C=O) groups is 1. The summed E-state index contributed by atoms with van der Waals surface area (Å²) in [5.41, 5.74) is 2.41. The lowest BCUT2D eigenvalue weighted by Gasteiger charge is -2.28. The number of nitrogens with zero attached hydrogens (tertiary/aromatic N) is 2. The second-order valence-corrected chi connectivity index (χ2v) is 7.86. The van der Waals surface area contributed by atoms with E-state index >= 15 is 0 Å². The molecule has 0 aliphatic carbocycles. The maximum Gasteiger partial charge on any atom is 0.243 e. The van der Waals surface area contributed by atoms with Gasteiger partial charge < -0.3 is 0 Å². The van der Waals surface area contributed by atoms with Crippen molar-refractivity contribution in [2.75, 3.05) is 19.3 Å². The van der Waals surface area contributed by atoms with Crippen molar-refractivity contribution in [3.8, 4) is 0 Å². The van der Waals surface area contributed by atoms with E-state index in [4.69, 9.17) is 0 Å². The Bertz CT molecular complexity index is 634. The average molecular weight is 333 g/mol. The molecule has 0 bridgehead atoms. The maximum atomic E-state index is 12.8. The number of hydrazone groups is 1. The minimum absolute atomic E-state index is 0.239. The lowest BCUT2D eigenvalue weighted by molar-refractivity contribution is -0.126. The van der Waals surface area contributed by atoms with Crippen molar-refractivity contribution in [3.05, 3.63) is 22.1 Å². The summed E-state index contributed by atoms with van der Waals surface area (Å²) < 4.78 is 36.9. The zero-order valence-corrected chi connectivity index (χ0v) is 13.1. The van der Waals surface area contributed by atoms with Crippen LogP contribution >= 0.6 is 11.3 Å². The van der Waals surface area contributed by atoms with Gasteiger partial charge in [0.25, 0.3) is 0 Å². The van der Waals surface area contributed by atoms with Gasteiger partial charge in [-0.15, -0.1) is 11.3 Å². The van der Waals surface area contributed by atoms with E-state index in [0.29, 0.717) is 30.8 Å². The SMILES string of the molecule is CS(=O)(=O)N1CCC(C(=O)N/N=C/c2ccc(F)s2)CC1. The van der Waals surface area contributed by atoms with Crippen LogP contribution in [0.2, 0.25) is 0 Å². The van der Waals surface area contributed by atoms with Gasteiger partial charge in [0.15, 0.2) is 5.13 Å². The van der Waals surface area contributed by atoms with Crippen molar-refractivity contribution >= 4 is 33.5 Å². The molecule has 1 amide bonds. The zero-order chi connectivity index (χ0) is 15.5. The Balaban J connectivity index is 1.81. The van der Waals surface area contributed by atoms with Crippen LogP contribution in [0.3, 0.4) is 0 Å². The number of halogens is 1. The van der Waals surface area contributed by atoms with Gasteiger partial charge in [0.1, 0.15) is 0 Å². The van der Waals surface area contributed by atoms with E-state index < -0.39 is 10.0 Å². The van der Waals surface area contributed by atoms with Crippen LogP contribution in [-0.4, -0.2) is 44.2 Å². The van der Waals surface area contributed by atoms with Crippen LogP contribution < -0.4 is 5.43 Å². The molecule has 9 heteroatoms. The van der Waals surface area contributed by atoms with Gasteiger partial charge in [-0.05, 0) is 25.0 Å². The Hall–Kier alpha value is -1.32. The summed E-state index contributed by atoms with van der Waals surface area (Å²) in [7, 11) is -3.19. The van der Waals surface area contributed by atoms with E-state index in [2.05, 4.69) is 10.5 Å². The van der Waals surface area contributed by atoms with E-state index in [9.17, 15) is 17.6 Å². The molecule has 6 nitrogen and oxygen atoms in total. The molecule has 0 spiro atoms. The molecule has 2 rings (SSSR count). The zero-order valence-electron chi connectivity index (χ0n) is 11.5. The first-order valence-corrected chi connectivity index (χ1v) is 9.06. The highest BCUT2D eigenvalue weighted by molar-refractivity contribution is 7.88. The third kappa shape index (κ3) is 4.58. The number of thiophene rings is 1. The summed E-state index contributed by atoms with van der Waals surface area (Å²) in [6, 6.07) is 2.90. The van der Waals surface area contributed by atoms with Crippen LogP contribution in [0.1, 0.15) is 17.7 Å². The predicted octanol–water partition coefficient (Wildman–Crippen LogP) is 1.01. The molecule has 0 atom stereocenters. The molecular formula is C12H16FN3O3S2.